The molecule has 0 unspecified atom stereocenters. The van der Waals surface area contributed by atoms with Gasteiger partial charge < -0.3 is 5.11 Å². The molecule has 1 heterocycles. The largest absolute Gasteiger partial charge is 0.505 e. The van der Waals surface area contributed by atoms with Gasteiger partial charge in [0.15, 0.2) is 11.6 Å². The van der Waals surface area contributed by atoms with Crippen molar-refractivity contribution in [2.24, 2.45) is 0 Å². The molecule has 0 fully saturated rings. The van der Waals surface area contributed by atoms with Crippen LogP contribution in [0.2, 0.25) is 0 Å². The second-order valence-electron chi connectivity index (χ2n) is 1.95. The maximum atomic E-state index is 12.5. The van der Waals surface area contributed by atoms with E-state index in [0.29, 0.717) is 6.20 Å². The lowest BCUT2D eigenvalue weighted by Gasteiger charge is -2.03. The van der Waals surface area contributed by atoms with Gasteiger partial charge in [-0.05, 0) is 15.9 Å². The summed E-state index contributed by atoms with van der Waals surface area (Å²) < 4.78 is 36.1. The van der Waals surface area contributed by atoms with Crippen LogP contribution in [0.1, 0.15) is 12.1 Å². The second kappa shape index (κ2) is 3.30. The van der Waals surface area contributed by atoms with Gasteiger partial charge in [0.1, 0.15) is 5.69 Å². The van der Waals surface area contributed by atoms with Crippen molar-refractivity contribution in [2.45, 2.75) is 6.43 Å². The molecule has 0 aliphatic carbocycles. The molecule has 0 radical (unpaired) electrons. The molecule has 0 saturated carbocycles. The van der Waals surface area contributed by atoms with E-state index < -0.39 is 28.2 Å². The lowest BCUT2D eigenvalue weighted by Crippen LogP contribution is -1.93. The Balaban J connectivity index is 3.27. The van der Waals surface area contributed by atoms with Crippen molar-refractivity contribution in [1.29, 1.82) is 0 Å². The molecular weight excluding hydrogens is 239 g/mol. The van der Waals surface area contributed by atoms with Gasteiger partial charge in [0.05, 0.1) is 10.7 Å². The van der Waals surface area contributed by atoms with Crippen molar-refractivity contribution in [1.82, 2.24) is 4.98 Å². The Hall–Kier alpha value is -0.780. The number of hydrogen-bond donors (Lipinski definition) is 1. The SMILES string of the molecule is Oc1c(C(F)F)ncc(F)c1Br. The number of hydrogen-bond acceptors (Lipinski definition) is 2. The third-order valence-electron chi connectivity index (χ3n) is 1.18. The molecular formula is C6H3BrF3NO. The van der Waals surface area contributed by atoms with Gasteiger partial charge in [-0.15, -0.1) is 0 Å². The standard InChI is InChI=1S/C6H3BrF3NO/c7-3-2(8)1-11-4(5(3)12)6(9)10/h1,6,12H. The molecule has 66 valence electrons. The summed E-state index contributed by atoms with van der Waals surface area (Å²) in [6, 6.07) is 0. The van der Waals surface area contributed by atoms with Crippen LogP contribution in [-0.4, -0.2) is 10.1 Å². The topological polar surface area (TPSA) is 33.1 Å². The number of rotatable bonds is 1. The monoisotopic (exact) mass is 241 g/mol. The average molecular weight is 242 g/mol. The van der Waals surface area contributed by atoms with Gasteiger partial charge >= 0.3 is 0 Å². The van der Waals surface area contributed by atoms with Crippen LogP contribution >= 0.6 is 15.9 Å². The fourth-order valence-electron chi connectivity index (χ4n) is 0.629. The van der Waals surface area contributed by atoms with Gasteiger partial charge in [-0.2, -0.15) is 0 Å². The van der Waals surface area contributed by atoms with Crippen LogP contribution < -0.4 is 0 Å². The van der Waals surface area contributed by atoms with E-state index in [1.54, 1.807) is 0 Å². The molecule has 2 nitrogen and oxygen atoms in total. The third kappa shape index (κ3) is 1.52. The smallest absolute Gasteiger partial charge is 0.284 e. The van der Waals surface area contributed by atoms with Crippen molar-refractivity contribution in [3.8, 4) is 5.75 Å². The van der Waals surface area contributed by atoms with Gasteiger partial charge in [-0.25, -0.2) is 18.2 Å². The van der Waals surface area contributed by atoms with Crippen LogP contribution in [0.3, 0.4) is 0 Å². The molecule has 0 aliphatic rings. The van der Waals surface area contributed by atoms with E-state index in [1.807, 2.05) is 0 Å². The first kappa shape index (κ1) is 9.31. The molecule has 1 aromatic heterocycles. The highest BCUT2D eigenvalue weighted by atomic mass is 79.9. The Morgan fingerprint density at radius 3 is 2.58 bits per heavy atom. The molecule has 0 atom stereocenters. The molecule has 0 aliphatic heterocycles. The van der Waals surface area contributed by atoms with Gasteiger partial charge in [0, 0.05) is 0 Å². The minimum Gasteiger partial charge on any atom is -0.505 e. The number of halogens is 4. The van der Waals surface area contributed by atoms with Crippen molar-refractivity contribution >= 4 is 15.9 Å². The highest BCUT2D eigenvalue weighted by Crippen LogP contribution is 2.33. The van der Waals surface area contributed by atoms with Crippen LogP contribution in [-0.2, 0) is 0 Å². The fourth-order valence-corrected chi connectivity index (χ4v) is 0.935. The Labute approximate surface area is 74.2 Å². The minimum absolute atomic E-state index is 0.396. The third-order valence-corrected chi connectivity index (χ3v) is 1.94. The maximum Gasteiger partial charge on any atom is 0.284 e. The fraction of sp³-hybridized carbons (Fsp3) is 0.167. The lowest BCUT2D eigenvalue weighted by atomic mass is 10.3. The molecule has 0 bridgehead atoms. The lowest BCUT2D eigenvalue weighted by molar-refractivity contribution is 0.141. The predicted octanol–water partition coefficient (Wildman–Crippen LogP) is 2.63. The Kier molecular flexibility index (Phi) is 2.56. The second-order valence-corrected chi connectivity index (χ2v) is 2.75. The molecule has 6 heteroatoms. The summed E-state index contributed by atoms with van der Waals surface area (Å²) in [6.45, 7) is 0. The maximum absolute atomic E-state index is 12.5. The van der Waals surface area contributed by atoms with E-state index in [0.717, 1.165) is 0 Å². The van der Waals surface area contributed by atoms with Crippen LogP contribution in [0.15, 0.2) is 10.7 Å². The van der Waals surface area contributed by atoms with Crippen LogP contribution in [0.25, 0.3) is 0 Å². The van der Waals surface area contributed by atoms with Crippen LogP contribution in [0, 0.1) is 5.82 Å². The number of alkyl halides is 2. The number of aromatic hydroxyl groups is 1. The highest BCUT2D eigenvalue weighted by molar-refractivity contribution is 9.10. The molecule has 12 heavy (non-hydrogen) atoms. The molecule has 0 saturated heterocycles. The van der Waals surface area contributed by atoms with Gasteiger partial charge in [-0.1, -0.05) is 0 Å². The Morgan fingerprint density at radius 1 is 1.50 bits per heavy atom. The summed E-state index contributed by atoms with van der Waals surface area (Å²) in [6.07, 6.45) is -2.30. The summed E-state index contributed by atoms with van der Waals surface area (Å²) in [7, 11) is 0. The number of nitrogens with zero attached hydrogens (tertiary/aromatic N) is 1. The summed E-state index contributed by atoms with van der Waals surface area (Å²) in [5.41, 5.74) is -0.830. The number of pyridine rings is 1. The van der Waals surface area contributed by atoms with Crippen molar-refractivity contribution in [3.05, 3.63) is 22.2 Å². The first-order chi connectivity index (χ1) is 5.54. The minimum atomic E-state index is -2.91. The number of aromatic nitrogens is 1. The van der Waals surface area contributed by atoms with Gasteiger partial charge in [0.2, 0.25) is 0 Å². The zero-order valence-corrected chi connectivity index (χ0v) is 7.15. The first-order valence-electron chi connectivity index (χ1n) is 2.85. The molecule has 1 aromatic rings. The highest BCUT2D eigenvalue weighted by Gasteiger charge is 2.18. The normalized spacial score (nSPS) is 10.8. The van der Waals surface area contributed by atoms with E-state index in [9.17, 15) is 13.2 Å². The Bertz CT molecular complexity index is 305. The van der Waals surface area contributed by atoms with Gasteiger partial charge in [-0.3, -0.25) is 0 Å². The van der Waals surface area contributed by atoms with E-state index in [4.69, 9.17) is 5.11 Å². The van der Waals surface area contributed by atoms with E-state index >= 15 is 0 Å². The molecule has 1 N–H and O–H groups in total. The average Bonchev–Trinajstić information content (AvgIpc) is 2.00. The quantitative estimate of drug-likeness (QED) is 0.820. The summed E-state index contributed by atoms with van der Waals surface area (Å²) >= 11 is 2.60. The summed E-state index contributed by atoms with van der Waals surface area (Å²) in [5.74, 6) is -1.73. The molecule has 1 rings (SSSR count). The predicted molar refractivity (Wildman–Crippen MR) is 38.5 cm³/mol. The van der Waals surface area contributed by atoms with E-state index in [-0.39, 0.29) is 0 Å². The zero-order valence-electron chi connectivity index (χ0n) is 5.56. The van der Waals surface area contributed by atoms with Gasteiger partial charge in [0.25, 0.3) is 6.43 Å². The van der Waals surface area contributed by atoms with E-state index in [1.165, 1.54) is 0 Å². The van der Waals surface area contributed by atoms with Crippen molar-refractivity contribution in [2.75, 3.05) is 0 Å². The van der Waals surface area contributed by atoms with Crippen molar-refractivity contribution in [3.63, 3.8) is 0 Å². The van der Waals surface area contributed by atoms with Crippen LogP contribution in [0.4, 0.5) is 13.2 Å². The molecule has 0 amide bonds. The molecule has 0 spiro atoms. The van der Waals surface area contributed by atoms with Crippen LogP contribution in [0.5, 0.6) is 5.75 Å². The molecule has 0 aromatic carbocycles. The summed E-state index contributed by atoms with van der Waals surface area (Å²) in [5, 5.41) is 8.92. The van der Waals surface area contributed by atoms with Crippen molar-refractivity contribution < 1.29 is 18.3 Å². The Morgan fingerprint density at radius 2 is 2.08 bits per heavy atom. The zero-order chi connectivity index (χ0) is 9.30. The first-order valence-corrected chi connectivity index (χ1v) is 3.64. The summed E-state index contributed by atoms with van der Waals surface area (Å²) in [4.78, 5) is 3.03. The van der Waals surface area contributed by atoms with E-state index in [2.05, 4.69) is 20.9 Å².